The molecule has 0 aromatic heterocycles. The van der Waals surface area contributed by atoms with Gasteiger partial charge in [0, 0.05) is 19.1 Å². The summed E-state index contributed by atoms with van der Waals surface area (Å²) in [6, 6.07) is 0.745. The van der Waals surface area contributed by atoms with Crippen LogP contribution in [-0.2, 0) is 4.74 Å². The first kappa shape index (κ1) is 11.4. The summed E-state index contributed by atoms with van der Waals surface area (Å²) in [6.45, 7) is 8.82. The Hall–Kier alpha value is -0.120. The lowest BCUT2D eigenvalue weighted by atomic mass is 10.2. The molecule has 2 fully saturated rings. The van der Waals surface area contributed by atoms with Crippen LogP contribution < -0.4 is 5.32 Å². The van der Waals surface area contributed by atoms with E-state index in [0.29, 0.717) is 0 Å². The van der Waals surface area contributed by atoms with Crippen LogP contribution in [0.3, 0.4) is 0 Å². The van der Waals surface area contributed by atoms with Crippen molar-refractivity contribution in [1.82, 2.24) is 10.2 Å². The Morgan fingerprint density at radius 2 is 2.07 bits per heavy atom. The third-order valence-corrected chi connectivity index (χ3v) is 3.55. The second kappa shape index (κ2) is 5.83. The number of ether oxygens (including phenoxy) is 1. The number of hydrogen-bond acceptors (Lipinski definition) is 3. The number of nitrogens with zero attached hydrogens (tertiary/aromatic N) is 1. The van der Waals surface area contributed by atoms with Crippen LogP contribution in [0.1, 0.15) is 26.2 Å². The summed E-state index contributed by atoms with van der Waals surface area (Å²) >= 11 is 0. The van der Waals surface area contributed by atoms with E-state index < -0.39 is 0 Å². The van der Waals surface area contributed by atoms with Gasteiger partial charge in [-0.25, -0.2) is 0 Å². The lowest BCUT2D eigenvalue weighted by Gasteiger charge is -2.26. The van der Waals surface area contributed by atoms with Gasteiger partial charge in [-0.05, 0) is 45.2 Å². The fourth-order valence-corrected chi connectivity index (χ4v) is 2.22. The molecule has 3 nitrogen and oxygen atoms in total. The van der Waals surface area contributed by atoms with Crippen molar-refractivity contribution in [2.45, 2.75) is 32.2 Å². The van der Waals surface area contributed by atoms with E-state index in [1.165, 1.54) is 32.4 Å². The number of morpholine rings is 1. The summed E-state index contributed by atoms with van der Waals surface area (Å²) in [6.07, 6.45) is 4.16. The molecule has 0 spiro atoms. The fraction of sp³-hybridized carbons (Fsp3) is 1.00. The Labute approximate surface area is 93.2 Å². The van der Waals surface area contributed by atoms with Gasteiger partial charge < -0.3 is 10.1 Å². The fourth-order valence-electron chi connectivity index (χ4n) is 2.22. The van der Waals surface area contributed by atoms with Crippen LogP contribution in [0, 0.1) is 5.92 Å². The van der Waals surface area contributed by atoms with Gasteiger partial charge in [0.2, 0.25) is 0 Å². The second-order valence-electron chi connectivity index (χ2n) is 4.89. The van der Waals surface area contributed by atoms with Crippen molar-refractivity contribution in [2.75, 3.05) is 39.4 Å². The Bertz CT molecular complexity index is 176. The molecule has 0 aromatic rings. The SMILES string of the molecule is C[C@H](NCCCN1CCOCC1)C1CC1. The zero-order valence-corrected chi connectivity index (χ0v) is 9.87. The van der Waals surface area contributed by atoms with Crippen LogP contribution in [0.5, 0.6) is 0 Å². The molecule has 1 N–H and O–H groups in total. The van der Waals surface area contributed by atoms with Crippen molar-refractivity contribution in [2.24, 2.45) is 5.92 Å². The molecule has 0 aromatic carbocycles. The maximum Gasteiger partial charge on any atom is 0.0594 e. The highest BCUT2D eigenvalue weighted by molar-refractivity contribution is 4.83. The maximum absolute atomic E-state index is 5.33. The van der Waals surface area contributed by atoms with Crippen molar-refractivity contribution in [3.63, 3.8) is 0 Å². The van der Waals surface area contributed by atoms with Crippen LogP contribution in [-0.4, -0.2) is 50.3 Å². The van der Waals surface area contributed by atoms with Gasteiger partial charge in [0.05, 0.1) is 13.2 Å². The second-order valence-corrected chi connectivity index (χ2v) is 4.89. The minimum Gasteiger partial charge on any atom is -0.379 e. The molecule has 0 bridgehead atoms. The molecule has 0 radical (unpaired) electrons. The largest absolute Gasteiger partial charge is 0.379 e. The predicted octanol–water partition coefficient (Wildman–Crippen LogP) is 1.10. The van der Waals surface area contributed by atoms with E-state index in [1.54, 1.807) is 0 Å². The van der Waals surface area contributed by atoms with E-state index in [1.807, 2.05) is 0 Å². The van der Waals surface area contributed by atoms with Gasteiger partial charge >= 0.3 is 0 Å². The molecule has 0 amide bonds. The number of hydrogen-bond donors (Lipinski definition) is 1. The molecular weight excluding hydrogens is 188 g/mol. The van der Waals surface area contributed by atoms with E-state index in [4.69, 9.17) is 4.74 Å². The van der Waals surface area contributed by atoms with E-state index in [0.717, 1.165) is 38.3 Å². The Kier molecular flexibility index (Phi) is 4.42. The molecular formula is C12H24N2O. The molecule has 1 aliphatic heterocycles. The van der Waals surface area contributed by atoms with Gasteiger partial charge in [0.15, 0.2) is 0 Å². The highest BCUT2D eigenvalue weighted by Gasteiger charge is 2.27. The van der Waals surface area contributed by atoms with Gasteiger partial charge in [-0.1, -0.05) is 0 Å². The van der Waals surface area contributed by atoms with Gasteiger partial charge in [0.1, 0.15) is 0 Å². The van der Waals surface area contributed by atoms with E-state index in [-0.39, 0.29) is 0 Å². The summed E-state index contributed by atoms with van der Waals surface area (Å²) in [5, 5.41) is 3.63. The summed E-state index contributed by atoms with van der Waals surface area (Å²) < 4.78 is 5.33. The third kappa shape index (κ3) is 4.09. The topological polar surface area (TPSA) is 24.5 Å². The van der Waals surface area contributed by atoms with Crippen LogP contribution >= 0.6 is 0 Å². The standard InChI is InChI=1S/C12H24N2O/c1-11(12-3-4-12)13-5-2-6-14-7-9-15-10-8-14/h11-13H,2-10H2,1H3/t11-/m0/s1. The van der Waals surface area contributed by atoms with Crippen LogP contribution in [0.15, 0.2) is 0 Å². The van der Waals surface area contributed by atoms with E-state index in [9.17, 15) is 0 Å². The maximum atomic E-state index is 5.33. The first-order valence-corrected chi connectivity index (χ1v) is 6.40. The molecule has 1 atom stereocenters. The van der Waals surface area contributed by atoms with Gasteiger partial charge in [-0.2, -0.15) is 0 Å². The van der Waals surface area contributed by atoms with E-state index >= 15 is 0 Å². The first-order chi connectivity index (χ1) is 7.36. The average molecular weight is 212 g/mol. The first-order valence-electron chi connectivity index (χ1n) is 6.40. The van der Waals surface area contributed by atoms with Gasteiger partial charge in [0.25, 0.3) is 0 Å². The molecule has 1 heterocycles. The zero-order valence-electron chi connectivity index (χ0n) is 9.87. The minimum absolute atomic E-state index is 0.745. The molecule has 2 rings (SSSR count). The molecule has 3 heteroatoms. The molecule has 15 heavy (non-hydrogen) atoms. The molecule has 0 unspecified atom stereocenters. The van der Waals surface area contributed by atoms with Crippen molar-refractivity contribution in [1.29, 1.82) is 0 Å². The smallest absolute Gasteiger partial charge is 0.0594 e. The normalized spacial score (nSPS) is 25.4. The van der Waals surface area contributed by atoms with Crippen molar-refractivity contribution >= 4 is 0 Å². The number of rotatable bonds is 6. The summed E-state index contributed by atoms with van der Waals surface area (Å²) in [7, 11) is 0. The Morgan fingerprint density at radius 1 is 1.33 bits per heavy atom. The summed E-state index contributed by atoms with van der Waals surface area (Å²) in [5.41, 5.74) is 0. The molecule has 1 saturated carbocycles. The van der Waals surface area contributed by atoms with E-state index in [2.05, 4.69) is 17.1 Å². The summed E-state index contributed by atoms with van der Waals surface area (Å²) in [4.78, 5) is 2.51. The van der Waals surface area contributed by atoms with Crippen molar-refractivity contribution in [3.8, 4) is 0 Å². The predicted molar refractivity (Wildman–Crippen MR) is 62.1 cm³/mol. The lowest BCUT2D eigenvalue weighted by Crippen LogP contribution is -2.38. The highest BCUT2D eigenvalue weighted by atomic mass is 16.5. The quantitative estimate of drug-likeness (QED) is 0.667. The summed E-state index contributed by atoms with van der Waals surface area (Å²) in [5.74, 6) is 0.980. The Morgan fingerprint density at radius 3 is 2.73 bits per heavy atom. The average Bonchev–Trinajstić information content (AvgIpc) is 3.09. The van der Waals surface area contributed by atoms with Crippen molar-refractivity contribution < 1.29 is 4.74 Å². The van der Waals surface area contributed by atoms with Crippen LogP contribution in [0.4, 0.5) is 0 Å². The molecule has 88 valence electrons. The Balaban J connectivity index is 1.46. The van der Waals surface area contributed by atoms with Gasteiger partial charge in [-0.3, -0.25) is 4.90 Å². The molecule has 1 saturated heterocycles. The minimum atomic E-state index is 0.745. The monoisotopic (exact) mass is 212 g/mol. The lowest BCUT2D eigenvalue weighted by molar-refractivity contribution is 0.0374. The highest BCUT2D eigenvalue weighted by Crippen LogP contribution is 2.32. The van der Waals surface area contributed by atoms with Crippen molar-refractivity contribution in [3.05, 3.63) is 0 Å². The van der Waals surface area contributed by atoms with Gasteiger partial charge in [-0.15, -0.1) is 0 Å². The van der Waals surface area contributed by atoms with Crippen LogP contribution in [0.25, 0.3) is 0 Å². The number of nitrogens with one attached hydrogen (secondary N) is 1. The molecule has 1 aliphatic carbocycles. The van der Waals surface area contributed by atoms with Crippen LogP contribution in [0.2, 0.25) is 0 Å². The zero-order chi connectivity index (χ0) is 10.5. The molecule has 2 aliphatic rings. The third-order valence-electron chi connectivity index (χ3n) is 3.55.